The summed E-state index contributed by atoms with van der Waals surface area (Å²) in [7, 11) is 5.66. The van der Waals surface area contributed by atoms with E-state index in [1.165, 1.54) is 12.8 Å². The van der Waals surface area contributed by atoms with E-state index in [4.69, 9.17) is 4.74 Å². The summed E-state index contributed by atoms with van der Waals surface area (Å²) in [5, 5.41) is 0. The van der Waals surface area contributed by atoms with Crippen LogP contribution in [0.3, 0.4) is 0 Å². The number of ether oxygens (including phenoxy) is 1. The van der Waals surface area contributed by atoms with Crippen LogP contribution in [0.5, 0.6) is 5.88 Å². The van der Waals surface area contributed by atoms with Crippen LogP contribution in [0.25, 0.3) is 0 Å². The molecule has 8 nitrogen and oxygen atoms in total. The first kappa shape index (κ1) is 17.8. The van der Waals surface area contributed by atoms with Crippen molar-refractivity contribution in [3.8, 4) is 5.88 Å². The SMILES string of the molecule is COc1ccnc(N2CCC(N(c3cc(N(C)C)ncn3)C3CC3)CC2)n1. The fourth-order valence-electron chi connectivity index (χ4n) is 3.69. The zero-order chi connectivity index (χ0) is 18.8. The number of aromatic nitrogens is 4. The topological polar surface area (TPSA) is 70.5 Å². The number of methoxy groups -OCH3 is 1. The Balaban J connectivity index is 1.47. The molecule has 1 saturated carbocycles. The van der Waals surface area contributed by atoms with Crippen LogP contribution in [0.4, 0.5) is 17.6 Å². The van der Waals surface area contributed by atoms with Crippen LogP contribution in [-0.4, -0.2) is 66.3 Å². The molecule has 0 spiro atoms. The molecule has 0 aromatic carbocycles. The molecule has 0 atom stereocenters. The minimum Gasteiger partial charge on any atom is -0.481 e. The summed E-state index contributed by atoms with van der Waals surface area (Å²) in [5.41, 5.74) is 0. The van der Waals surface area contributed by atoms with Crippen molar-refractivity contribution in [2.24, 2.45) is 0 Å². The predicted molar refractivity (Wildman–Crippen MR) is 106 cm³/mol. The number of rotatable bonds is 6. The second kappa shape index (κ2) is 7.54. The van der Waals surface area contributed by atoms with Crippen molar-refractivity contribution in [3.63, 3.8) is 0 Å². The van der Waals surface area contributed by atoms with Gasteiger partial charge in [-0.05, 0) is 25.7 Å². The van der Waals surface area contributed by atoms with Gasteiger partial charge >= 0.3 is 0 Å². The molecule has 27 heavy (non-hydrogen) atoms. The van der Waals surface area contributed by atoms with E-state index in [0.29, 0.717) is 18.0 Å². The Labute approximate surface area is 160 Å². The van der Waals surface area contributed by atoms with Crippen molar-refractivity contribution in [3.05, 3.63) is 24.7 Å². The van der Waals surface area contributed by atoms with E-state index in [9.17, 15) is 0 Å². The Hall–Kier alpha value is -2.64. The smallest absolute Gasteiger partial charge is 0.228 e. The highest BCUT2D eigenvalue weighted by Crippen LogP contribution is 2.36. The van der Waals surface area contributed by atoms with Crippen molar-refractivity contribution < 1.29 is 4.74 Å². The molecule has 8 heteroatoms. The number of nitrogens with zero attached hydrogens (tertiary/aromatic N) is 7. The van der Waals surface area contributed by atoms with Crippen molar-refractivity contribution in [2.45, 2.75) is 37.8 Å². The normalized spacial score (nSPS) is 17.7. The maximum atomic E-state index is 5.23. The van der Waals surface area contributed by atoms with Gasteiger partial charge in [-0.2, -0.15) is 4.98 Å². The molecular weight excluding hydrogens is 342 g/mol. The molecule has 1 aliphatic heterocycles. The van der Waals surface area contributed by atoms with Crippen LogP contribution in [0.15, 0.2) is 24.7 Å². The average Bonchev–Trinajstić information content (AvgIpc) is 3.54. The van der Waals surface area contributed by atoms with Gasteiger partial charge in [0, 0.05) is 57.6 Å². The third kappa shape index (κ3) is 3.89. The first-order valence-electron chi connectivity index (χ1n) is 9.55. The second-order valence-corrected chi connectivity index (χ2v) is 7.38. The molecule has 0 N–H and O–H groups in total. The second-order valence-electron chi connectivity index (χ2n) is 7.38. The fourth-order valence-corrected chi connectivity index (χ4v) is 3.69. The van der Waals surface area contributed by atoms with Crippen molar-refractivity contribution >= 4 is 17.6 Å². The molecule has 0 radical (unpaired) electrons. The molecule has 3 heterocycles. The average molecular weight is 369 g/mol. The van der Waals surface area contributed by atoms with E-state index in [2.05, 4.69) is 35.8 Å². The van der Waals surface area contributed by atoms with Crippen molar-refractivity contribution in [2.75, 3.05) is 49.0 Å². The molecule has 0 amide bonds. The van der Waals surface area contributed by atoms with E-state index < -0.39 is 0 Å². The summed E-state index contributed by atoms with van der Waals surface area (Å²) in [5.74, 6) is 3.36. The number of anilines is 3. The minimum atomic E-state index is 0.490. The minimum absolute atomic E-state index is 0.490. The maximum absolute atomic E-state index is 5.23. The lowest BCUT2D eigenvalue weighted by Crippen LogP contribution is -2.47. The molecule has 2 aromatic heterocycles. The van der Waals surface area contributed by atoms with Gasteiger partial charge in [0.15, 0.2) is 0 Å². The van der Waals surface area contributed by atoms with Gasteiger partial charge in [0.05, 0.1) is 7.11 Å². The summed E-state index contributed by atoms with van der Waals surface area (Å²) in [6.07, 6.45) is 8.07. The quantitative estimate of drug-likeness (QED) is 0.766. The lowest BCUT2D eigenvalue weighted by atomic mass is 10.0. The number of hydrogen-bond acceptors (Lipinski definition) is 8. The summed E-state index contributed by atoms with van der Waals surface area (Å²) >= 11 is 0. The predicted octanol–water partition coefficient (Wildman–Crippen LogP) is 1.98. The Kier molecular flexibility index (Phi) is 4.96. The zero-order valence-corrected chi connectivity index (χ0v) is 16.2. The lowest BCUT2D eigenvalue weighted by molar-refractivity contribution is 0.395. The van der Waals surface area contributed by atoms with Crippen LogP contribution in [0, 0.1) is 0 Å². The van der Waals surface area contributed by atoms with E-state index in [1.807, 2.05) is 19.0 Å². The molecule has 0 bridgehead atoms. The Morgan fingerprint density at radius 1 is 1.00 bits per heavy atom. The van der Waals surface area contributed by atoms with Gasteiger partial charge in [-0.1, -0.05) is 0 Å². The van der Waals surface area contributed by atoms with Crippen LogP contribution in [-0.2, 0) is 0 Å². The third-order valence-corrected chi connectivity index (χ3v) is 5.27. The lowest BCUT2D eigenvalue weighted by Gasteiger charge is -2.39. The fraction of sp³-hybridized carbons (Fsp3) is 0.579. The molecule has 2 fully saturated rings. The van der Waals surface area contributed by atoms with Crippen LogP contribution in [0.2, 0.25) is 0 Å². The summed E-state index contributed by atoms with van der Waals surface area (Å²) in [6, 6.07) is 4.99. The zero-order valence-electron chi connectivity index (χ0n) is 16.2. The first-order valence-corrected chi connectivity index (χ1v) is 9.55. The van der Waals surface area contributed by atoms with E-state index in [1.54, 1.807) is 25.7 Å². The monoisotopic (exact) mass is 369 g/mol. The number of hydrogen-bond donors (Lipinski definition) is 0. The molecular formula is C19H27N7O. The highest BCUT2D eigenvalue weighted by atomic mass is 16.5. The van der Waals surface area contributed by atoms with E-state index in [-0.39, 0.29) is 0 Å². The molecule has 1 saturated heterocycles. The molecule has 1 aliphatic carbocycles. The van der Waals surface area contributed by atoms with Gasteiger partial charge in [-0.3, -0.25) is 0 Å². The maximum Gasteiger partial charge on any atom is 0.228 e. The van der Waals surface area contributed by atoms with Gasteiger partial charge in [-0.25, -0.2) is 15.0 Å². The summed E-state index contributed by atoms with van der Waals surface area (Å²) in [4.78, 5) is 24.6. The van der Waals surface area contributed by atoms with E-state index in [0.717, 1.165) is 43.5 Å². The van der Waals surface area contributed by atoms with Gasteiger partial charge in [0.1, 0.15) is 18.0 Å². The van der Waals surface area contributed by atoms with Gasteiger partial charge in [0.2, 0.25) is 11.8 Å². The van der Waals surface area contributed by atoms with Crippen LogP contribution >= 0.6 is 0 Å². The highest BCUT2D eigenvalue weighted by Gasteiger charge is 2.37. The molecule has 2 aliphatic rings. The van der Waals surface area contributed by atoms with Crippen LogP contribution in [0.1, 0.15) is 25.7 Å². The van der Waals surface area contributed by atoms with Crippen molar-refractivity contribution in [1.82, 2.24) is 19.9 Å². The molecule has 0 unspecified atom stereocenters. The Bertz CT molecular complexity index is 772. The molecule has 144 valence electrons. The van der Waals surface area contributed by atoms with Crippen molar-refractivity contribution in [1.29, 1.82) is 0 Å². The highest BCUT2D eigenvalue weighted by molar-refractivity contribution is 5.52. The van der Waals surface area contributed by atoms with E-state index >= 15 is 0 Å². The summed E-state index contributed by atoms with van der Waals surface area (Å²) in [6.45, 7) is 1.87. The van der Waals surface area contributed by atoms with Gasteiger partial charge in [-0.15, -0.1) is 0 Å². The molecule has 4 rings (SSSR count). The molecule has 2 aromatic rings. The number of piperidine rings is 1. The standard InChI is InChI=1S/C19H27N7O/c1-24(2)16-12-17(22-13-21-16)26(14-4-5-14)15-7-10-25(11-8-15)19-20-9-6-18(23-19)27-3/h6,9,12-15H,4-5,7-8,10-11H2,1-3H3. The van der Waals surface area contributed by atoms with Gasteiger partial charge in [0.25, 0.3) is 0 Å². The Morgan fingerprint density at radius 3 is 2.37 bits per heavy atom. The third-order valence-electron chi connectivity index (χ3n) is 5.27. The Morgan fingerprint density at radius 2 is 1.70 bits per heavy atom. The largest absolute Gasteiger partial charge is 0.481 e. The first-order chi connectivity index (χ1) is 13.2. The summed E-state index contributed by atoms with van der Waals surface area (Å²) < 4.78 is 5.23. The van der Waals surface area contributed by atoms with Crippen LogP contribution < -0.4 is 19.4 Å². The van der Waals surface area contributed by atoms with Gasteiger partial charge < -0.3 is 19.4 Å².